The molecule has 0 bridgehead atoms. The summed E-state index contributed by atoms with van der Waals surface area (Å²) in [6, 6.07) is 3.41. The van der Waals surface area contributed by atoms with E-state index in [2.05, 4.69) is 24.4 Å². The number of alkyl halides is 3. The minimum Gasteiger partial charge on any atom is -0.387 e. The Bertz CT molecular complexity index is 628. The maximum Gasteiger partial charge on any atom is 0.419 e. The summed E-state index contributed by atoms with van der Waals surface area (Å²) in [6.45, 7) is 9.04. The number of amidine groups is 1. The lowest BCUT2D eigenvalue weighted by molar-refractivity contribution is -0.140. The van der Waals surface area contributed by atoms with Gasteiger partial charge in [-0.25, -0.2) is 9.38 Å². The Hall–Kier alpha value is -2.29. The van der Waals surface area contributed by atoms with Crippen molar-refractivity contribution in [3.8, 4) is 12.8 Å². The first kappa shape index (κ1) is 23.7. The monoisotopic (exact) mass is 370 g/mol. The molecule has 3 rings (SSSR count). The highest BCUT2D eigenvalue weighted by Gasteiger charge is 2.53. The van der Waals surface area contributed by atoms with Crippen LogP contribution in [0.5, 0.6) is 0 Å². The van der Waals surface area contributed by atoms with Gasteiger partial charge in [-0.2, -0.15) is 13.2 Å². The van der Waals surface area contributed by atoms with E-state index in [0.717, 1.165) is 30.9 Å². The van der Waals surface area contributed by atoms with Crippen molar-refractivity contribution in [3.05, 3.63) is 47.9 Å². The predicted octanol–water partition coefficient (Wildman–Crippen LogP) is 5.75. The number of hydrogen-bond donors (Lipinski definition) is 1. The lowest BCUT2D eigenvalue weighted by Crippen LogP contribution is -2.15. The summed E-state index contributed by atoms with van der Waals surface area (Å²) in [5.41, 5.74) is 4.60. The summed E-state index contributed by atoms with van der Waals surface area (Å²) in [7, 11) is 0. The van der Waals surface area contributed by atoms with Gasteiger partial charge in [-0.05, 0) is 55.2 Å². The zero-order chi connectivity index (χ0) is 20.5. The molecular formula is C20H26F4N2. The molecule has 2 saturated carbocycles. The third-order valence-electron chi connectivity index (χ3n) is 4.07. The zero-order valence-electron chi connectivity index (χ0n) is 15.4. The van der Waals surface area contributed by atoms with Crippen LogP contribution in [0.25, 0.3) is 0 Å². The molecular weight excluding hydrogens is 344 g/mol. The van der Waals surface area contributed by atoms with E-state index in [4.69, 9.17) is 5.73 Å². The van der Waals surface area contributed by atoms with Gasteiger partial charge in [-0.3, -0.25) is 0 Å². The summed E-state index contributed by atoms with van der Waals surface area (Å²) in [5.74, 6) is 0.885. The Morgan fingerprint density at radius 1 is 1.27 bits per heavy atom. The maximum absolute atomic E-state index is 13.0. The third-order valence-corrected chi connectivity index (χ3v) is 4.07. The highest BCUT2D eigenvalue weighted by atomic mass is 19.4. The van der Waals surface area contributed by atoms with Gasteiger partial charge in [0.15, 0.2) is 0 Å². The van der Waals surface area contributed by atoms with Crippen LogP contribution in [-0.2, 0) is 6.18 Å². The average Bonchev–Trinajstić information content (AvgIpc) is 3.22. The highest BCUT2D eigenvalue weighted by Crippen LogP contribution is 2.64. The number of nitrogens with zero attached hydrogens (tertiary/aromatic N) is 1. The smallest absolute Gasteiger partial charge is 0.387 e. The molecule has 0 heterocycles. The summed E-state index contributed by atoms with van der Waals surface area (Å²) >= 11 is 0. The first-order valence-electron chi connectivity index (χ1n) is 8.34. The molecule has 6 heteroatoms. The molecule has 2 nitrogen and oxygen atoms in total. The molecule has 1 aromatic rings. The number of nitrogens with two attached hydrogens (primary N) is 1. The van der Waals surface area contributed by atoms with Gasteiger partial charge in [-0.1, -0.05) is 26.5 Å². The molecule has 0 spiro atoms. The normalized spacial score (nSPS) is 22.5. The maximum atomic E-state index is 13.0. The lowest BCUT2D eigenvalue weighted by Gasteiger charge is -2.26. The molecule has 2 fully saturated rings. The number of halogens is 4. The highest BCUT2D eigenvalue weighted by molar-refractivity contribution is 5.77. The summed E-state index contributed by atoms with van der Waals surface area (Å²) < 4.78 is 50.5. The predicted molar refractivity (Wildman–Crippen MR) is 99.1 cm³/mol. The van der Waals surface area contributed by atoms with E-state index in [9.17, 15) is 17.6 Å². The van der Waals surface area contributed by atoms with Gasteiger partial charge in [0, 0.05) is 6.20 Å². The van der Waals surface area contributed by atoms with Crippen LogP contribution in [0.15, 0.2) is 36.0 Å². The van der Waals surface area contributed by atoms with E-state index >= 15 is 0 Å². The van der Waals surface area contributed by atoms with Crippen LogP contribution in [-0.4, -0.2) is 5.84 Å². The van der Waals surface area contributed by atoms with Gasteiger partial charge in [-0.15, -0.1) is 12.8 Å². The largest absolute Gasteiger partial charge is 0.419 e. The van der Waals surface area contributed by atoms with Crippen LogP contribution in [0.2, 0.25) is 0 Å². The first-order valence-corrected chi connectivity index (χ1v) is 8.34. The molecule has 144 valence electrons. The van der Waals surface area contributed by atoms with Crippen molar-refractivity contribution in [1.82, 2.24) is 0 Å². The molecule has 26 heavy (non-hydrogen) atoms. The fourth-order valence-corrected chi connectivity index (χ4v) is 2.86. The SMILES string of the molecule is C#C.C=CN=C(C)N.CC.Fc1ccc(C2CC3CC32)cc1C(F)(F)F. The minimum absolute atomic E-state index is 0.228. The Morgan fingerprint density at radius 2 is 1.85 bits per heavy atom. The van der Waals surface area contributed by atoms with Crippen LogP contribution in [0, 0.1) is 30.5 Å². The fourth-order valence-electron chi connectivity index (χ4n) is 2.86. The van der Waals surface area contributed by atoms with Gasteiger partial charge < -0.3 is 5.73 Å². The van der Waals surface area contributed by atoms with Crippen molar-refractivity contribution >= 4 is 5.84 Å². The van der Waals surface area contributed by atoms with Crippen molar-refractivity contribution in [3.63, 3.8) is 0 Å². The Morgan fingerprint density at radius 3 is 2.15 bits per heavy atom. The fraction of sp³-hybridized carbons (Fsp3) is 0.450. The summed E-state index contributed by atoms with van der Waals surface area (Å²) in [4.78, 5) is 3.58. The van der Waals surface area contributed by atoms with Crippen molar-refractivity contribution in [2.45, 2.75) is 45.7 Å². The number of terminal acetylenes is 1. The van der Waals surface area contributed by atoms with Crippen molar-refractivity contribution in [2.24, 2.45) is 22.6 Å². The molecule has 0 saturated heterocycles. The topological polar surface area (TPSA) is 38.4 Å². The van der Waals surface area contributed by atoms with E-state index in [-0.39, 0.29) is 5.92 Å². The number of fused-ring (bicyclic) bond motifs is 1. The number of hydrogen-bond acceptors (Lipinski definition) is 1. The van der Waals surface area contributed by atoms with Gasteiger partial charge in [0.25, 0.3) is 0 Å². The minimum atomic E-state index is -4.59. The van der Waals surface area contributed by atoms with Crippen molar-refractivity contribution < 1.29 is 17.6 Å². The number of rotatable bonds is 2. The van der Waals surface area contributed by atoms with Crippen LogP contribution in [0.3, 0.4) is 0 Å². The second-order valence-electron chi connectivity index (χ2n) is 5.69. The van der Waals surface area contributed by atoms with Gasteiger partial charge in [0.2, 0.25) is 0 Å². The third kappa shape index (κ3) is 6.55. The van der Waals surface area contributed by atoms with Crippen molar-refractivity contribution in [1.29, 1.82) is 0 Å². The number of aliphatic imine (C=N–C) groups is 1. The van der Waals surface area contributed by atoms with Gasteiger partial charge in [0.05, 0.1) is 11.4 Å². The van der Waals surface area contributed by atoms with Crippen LogP contribution in [0.1, 0.15) is 50.7 Å². The van der Waals surface area contributed by atoms with Crippen LogP contribution >= 0.6 is 0 Å². The lowest BCUT2D eigenvalue weighted by atomic mass is 9.79. The number of benzene rings is 1. The molecule has 0 aromatic heterocycles. The second-order valence-corrected chi connectivity index (χ2v) is 5.69. The molecule has 2 aliphatic carbocycles. The zero-order valence-corrected chi connectivity index (χ0v) is 15.4. The van der Waals surface area contributed by atoms with E-state index in [0.29, 0.717) is 17.3 Å². The first-order chi connectivity index (χ1) is 12.2. The molecule has 3 unspecified atom stereocenters. The Kier molecular flexibility index (Phi) is 9.71. The van der Waals surface area contributed by atoms with Gasteiger partial charge in [0.1, 0.15) is 5.82 Å². The Labute approximate surface area is 153 Å². The van der Waals surface area contributed by atoms with Gasteiger partial charge >= 0.3 is 6.18 Å². The second kappa shape index (κ2) is 10.6. The van der Waals surface area contributed by atoms with E-state index in [1.165, 1.54) is 12.3 Å². The molecule has 2 aliphatic rings. The molecule has 0 amide bonds. The summed E-state index contributed by atoms with van der Waals surface area (Å²) in [6.07, 6.45) is 6.92. The van der Waals surface area contributed by atoms with E-state index in [1.807, 2.05) is 13.8 Å². The molecule has 2 N–H and O–H groups in total. The van der Waals surface area contributed by atoms with E-state index < -0.39 is 17.6 Å². The van der Waals surface area contributed by atoms with Crippen LogP contribution in [0.4, 0.5) is 17.6 Å². The quantitative estimate of drug-likeness (QED) is 0.306. The average molecular weight is 370 g/mol. The molecule has 0 aliphatic heterocycles. The Balaban J connectivity index is 0.000000533. The summed E-state index contributed by atoms with van der Waals surface area (Å²) in [5, 5.41) is 0. The standard InChI is InChI=1S/C12H10F4.C4H8N2.C2H6.C2H2/c13-11-2-1-6(5-10(11)12(14,15)16)8-3-7-4-9(7)8;1-3-6-4(2)5;2*1-2/h1-2,5,7-9H,3-4H2;3H,1H2,2H3,(H2,5,6);1-2H3;1-2H. The van der Waals surface area contributed by atoms with E-state index in [1.54, 1.807) is 6.92 Å². The van der Waals surface area contributed by atoms with Crippen LogP contribution < -0.4 is 5.73 Å². The molecule has 1 aromatic carbocycles. The molecule has 3 atom stereocenters. The molecule has 0 radical (unpaired) electrons. The van der Waals surface area contributed by atoms with Crippen molar-refractivity contribution in [2.75, 3.05) is 0 Å².